The highest BCUT2D eigenvalue weighted by Gasteiger charge is 1.94. The van der Waals surface area contributed by atoms with Crippen molar-refractivity contribution in [1.29, 1.82) is 0 Å². The normalized spacial score (nSPS) is 10.1. The fourth-order valence-corrected chi connectivity index (χ4v) is 1.02. The van der Waals surface area contributed by atoms with Gasteiger partial charge in [-0.25, -0.2) is 9.07 Å². The van der Waals surface area contributed by atoms with Crippen molar-refractivity contribution in [3.63, 3.8) is 0 Å². The Morgan fingerprint density at radius 1 is 1.17 bits per heavy atom. The van der Waals surface area contributed by atoms with Gasteiger partial charge in [-0.05, 0) is 30.3 Å². The Balaban J connectivity index is 2.43. The predicted molar refractivity (Wildman–Crippen MR) is 43.5 cm³/mol. The molecular weight excluding hydrogens is 155 g/mol. The molecule has 60 valence electrons. The van der Waals surface area contributed by atoms with Gasteiger partial charge in [0.1, 0.15) is 5.82 Å². The Kier molecular flexibility index (Phi) is 1.63. The summed E-state index contributed by atoms with van der Waals surface area (Å²) in [5.74, 6) is -0.231. The van der Waals surface area contributed by atoms with E-state index in [9.17, 15) is 4.39 Å². The summed E-state index contributed by atoms with van der Waals surface area (Å²) < 4.78 is 14.2. The van der Waals surface area contributed by atoms with Gasteiger partial charge in [0.2, 0.25) is 0 Å². The van der Waals surface area contributed by atoms with Crippen LogP contribution < -0.4 is 0 Å². The molecule has 0 amide bonds. The summed E-state index contributed by atoms with van der Waals surface area (Å²) in [5, 5.41) is 4.01. The molecular formula is C9H7FN2. The summed E-state index contributed by atoms with van der Waals surface area (Å²) in [6.07, 6.45) is 3.50. The monoisotopic (exact) mass is 162 g/mol. The van der Waals surface area contributed by atoms with Crippen molar-refractivity contribution in [2.24, 2.45) is 0 Å². The van der Waals surface area contributed by atoms with Crippen LogP contribution in [0.15, 0.2) is 42.7 Å². The van der Waals surface area contributed by atoms with Crippen molar-refractivity contribution in [3.05, 3.63) is 48.5 Å². The third-order valence-corrected chi connectivity index (χ3v) is 1.60. The van der Waals surface area contributed by atoms with Crippen LogP contribution >= 0.6 is 0 Å². The molecule has 0 fully saturated rings. The zero-order chi connectivity index (χ0) is 8.39. The highest BCUT2D eigenvalue weighted by atomic mass is 19.1. The molecule has 1 aromatic heterocycles. The molecule has 12 heavy (non-hydrogen) atoms. The van der Waals surface area contributed by atoms with Gasteiger partial charge >= 0.3 is 0 Å². The molecule has 1 aromatic carbocycles. The van der Waals surface area contributed by atoms with Crippen molar-refractivity contribution in [2.75, 3.05) is 0 Å². The van der Waals surface area contributed by atoms with Crippen LogP contribution in [0.2, 0.25) is 0 Å². The summed E-state index contributed by atoms with van der Waals surface area (Å²) in [4.78, 5) is 0. The third kappa shape index (κ3) is 1.21. The number of hydrogen-bond acceptors (Lipinski definition) is 1. The first kappa shape index (κ1) is 7.03. The molecule has 0 radical (unpaired) electrons. The van der Waals surface area contributed by atoms with E-state index < -0.39 is 0 Å². The first-order valence-corrected chi connectivity index (χ1v) is 3.62. The minimum absolute atomic E-state index is 0.231. The Bertz CT molecular complexity index is 351. The molecule has 0 unspecified atom stereocenters. The molecule has 1 heterocycles. The van der Waals surface area contributed by atoms with Crippen LogP contribution in [0.5, 0.6) is 0 Å². The SMILES string of the molecule is Fc1ccc(-n2cccn2)cc1. The topological polar surface area (TPSA) is 17.8 Å². The molecule has 2 aromatic rings. The Morgan fingerprint density at radius 3 is 2.50 bits per heavy atom. The highest BCUT2D eigenvalue weighted by molar-refractivity contribution is 5.30. The maximum atomic E-state index is 12.5. The zero-order valence-electron chi connectivity index (χ0n) is 6.31. The molecule has 2 nitrogen and oxygen atoms in total. The molecule has 0 atom stereocenters. The Labute approximate surface area is 69.3 Å². The second-order valence-corrected chi connectivity index (χ2v) is 2.43. The number of hydrogen-bond donors (Lipinski definition) is 0. The first-order chi connectivity index (χ1) is 5.86. The van der Waals surface area contributed by atoms with Crippen molar-refractivity contribution < 1.29 is 4.39 Å². The van der Waals surface area contributed by atoms with Crippen molar-refractivity contribution >= 4 is 0 Å². The van der Waals surface area contributed by atoms with E-state index in [0.717, 1.165) is 5.69 Å². The average Bonchev–Trinajstić information content (AvgIpc) is 2.58. The maximum absolute atomic E-state index is 12.5. The zero-order valence-corrected chi connectivity index (χ0v) is 6.31. The van der Waals surface area contributed by atoms with Gasteiger partial charge in [-0.15, -0.1) is 0 Å². The Morgan fingerprint density at radius 2 is 1.92 bits per heavy atom. The van der Waals surface area contributed by atoms with E-state index >= 15 is 0 Å². The lowest BCUT2D eigenvalue weighted by Gasteiger charge is -1.98. The number of nitrogens with zero attached hydrogens (tertiary/aromatic N) is 2. The molecule has 0 N–H and O–H groups in total. The Hall–Kier alpha value is -1.64. The highest BCUT2D eigenvalue weighted by Crippen LogP contribution is 2.06. The fraction of sp³-hybridized carbons (Fsp3) is 0. The summed E-state index contributed by atoms with van der Waals surface area (Å²) in [5.41, 5.74) is 0.862. The first-order valence-electron chi connectivity index (χ1n) is 3.62. The second kappa shape index (κ2) is 2.77. The maximum Gasteiger partial charge on any atom is 0.123 e. The predicted octanol–water partition coefficient (Wildman–Crippen LogP) is 2.01. The summed E-state index contributed by atoms with van der Waals surface area (Å²) in [6, 6.07) is 8.02. The van der Waals surface area contributed by atoms with Gasteiger partial charge in [0.05, 0.1) is 5.69 Å². The van der Waals surface area contributed by atoms with E-state index in [1.807, 2.05) is 12.3 Å². The summed E-state index contributed by atoms with van der Waals surface area (Å²) in [7, 11) is 0. The molecule has 0 aliphatic carbocycles. The third-order valence-electron chi connectivity index (χ3n) is 1.60. The molecule has 0 aliphatic heterocycles. The van der Waals surface area contributed by atoms with E-state index in [0.29, 0.717) is 0 Å². The van der Waals surface area contributed by atoms with Gasteiger partial charge in [0.25, 0.3) is 0 Å². The molecule has 0 saturated heterocycles. The number of halogens is 1. The lowest BCUT2D eigenvalue weighted by atomic mass is 10.3. The number of benzene rings is 1. The van der Waals surface area contributed by atoms with Gasteiger partial charge in [-0.2, -0.15) is 5.10 Å². The smallest absolute Gasteiger partial charge is 0.123 e. The van der Waals surface area contributed by atoms with Crippen molar-refractivity contribution in [3.8, 4) is 5.69 Å². The van der Waals surface area contributed by atoms with E-state index in [2.05, 4.69) is 5.10 Å². The van der Waals surface area contributed by atoms with Gasteiger partial charge in [0.15, 0.2) is 0 Å². The minimum Gasteiger partial charge on any atom is -0.241 e. The molecule has 0 aliphatic rings. The molecule has 3 heteroatoms. The number of rotatable bonds is 1. The van der Waals surface area contributed by atoms with Crippen LogP contribution in [0.25, 0.3) is 5.69 Å². The molecule has 0 spiro atoms. The van der Waals surface area contributed by atoms with Crippen LogP contribution in [0.4, 0.5) is 4.39 Å². The lowest BCUT2D eigenvalue weighted by molar-refractivity contribution is 0.627. The van der Waals surface area contributed by atoms with Crippen LogP contribution in [0.3, 0.4) is 0 Å². The summed E-state index contributed by atoms with van der Waals surface area (Å²) >= 11 is 0. The van der Waals surface area contributed by atoms with Gasteiger partial charge < -0.3 is 0 Å². The van der Waals surface area contributed by atoms with Crippen LogP contribution in [0.1, 0.15) is 0 Å². The van der Waals surface area contributed by atoms with Gasteiger partial charge in [-0.1, -0.05) is 0 Å². The molecule has 0 bridgehead atoms. The lowest BCUT2D eigenvalue weighted by Crippen LogP contribution is -1.93. The van der Waals surface area contributed by atoms with Crippen LogP contribution in [0, 0.1) is 5.82 Å². The number of aromatic nitrogens is 2. The van der Waals surface area contributed by atoms with Gasteiger partial charge in [-0.3, -0.25) is 0 Å². The van der Waals surface area contributed by atoms with E-state index in [1.165, 1.54) is 12.1 Å². The van der Waals surface area contributed by atoms with Crippen LogP contribution in [-0.2, 0) is 0 Å². The van der Waals surface area contributed by atoms with Gasteiger partial charge in [0, 0.05) is 12.4 Å². The van der Waals surface area contributed by atoms with E-state index in [-0.39, 0.29) is 5.82 Å². The van der Waals surface area contributed by atoms with E-state index in [1.54, 1.807) is 23.0 Å². The average molecular weight is 162 g/mol. The van der Waals surface area contributed by atoms with Crippen molar-refractivity contribution in [1.82, 2.24) is 9.78 Å². The second-order valence-electron chi connectivity index (χ2n) is 2.43. The minimum atomic E-state index is -0.231. The standard InChI is InChI=1S/C9H7FN2/c10-8-2-4-9(5-3-8)12-7-1-6-11-12/h1-7H. The molecule has 2 rings (SSSR count). The van der Waals surface area contributed by atoms with Crippen molar-refractivity contribution in [2.45, 2.75) is 0 Å². The van der Waals surface area contributed by atoms with Crippen LogP contribution in [-0.4, -0.2) is 9.78 Å². The fourth-order valence-electron chi connectivity index (χ4n) is 1.02. The molecule has 0 saturated carbocycles. The van der Waals surface area contributed by atoms with E-state index in [4.69, 9.17) is 0 Å². The quantitative estimate of drug-likeness (QED) is 0.627. The largest absolute Gasteiger partial charge is 0.241 e. The summed E-state index contributed by atoms with van der Waals surface area (Å²) in [6.45, 7) is 0.